The van der Waals surface area contributed by atoms with E-state index >= 15 is 0 Å². The zero-order chi connectivity index (χ0) is 48.8. The minimum absolute atomic E-state index is 0.558. The number of nitrogens with zero attached hydrogens (tertiary/aromatic N) is 2. The van der Waals surface area contributed by atoms with Gasteiger partial charge in [0.15, 0.2) is 0 Å². The molecule has 74 heavy (non-hydrogen) atoms. The molecule has 0 N–H and O–H groups in total. The molecule has 0 heterocycles. The average molecular weight is 941 g/mol. The second kappa shape index (κ2) is 16.5. The summed E-state index contributed by atoms with van der Waals surface area (Å²) in [5.74, 6) is 0. The fraction of sp³-hybridized carbons (Fsp3) is 0.0278. The van der Waals surface area contributed by atoms with Crippen LogP contribution in [-0.2, 0) is 10.8 Å². The van der Waals surface area contributed by atoms with E-state index in [0.717, 1.165) is 34.1 Å². The molecule has 2 heteroatoms. The number of hydrogen-bond acceptors (Lipinski definition) is 2. The van der Waals surface area contributed by atoms with Gasteiger partial charge < -0.3 is 9.80 Å². The van der Waals surface area contributed by atoms with Crippen molar-refractivity contribution in [3.8, 4) is 33.4 Å². The van der Waals surface area contributed by atoms with Gasteiger partial charge >= 0.3 is 0 Å². The highest BCUT2D eigenvalue weighted by atomic mass is 15.2. The van der Waals surface area contributed by atoms with Crippen LogP contribution in [0.1, 0.15) is 44.5 Å². The SMILES string of the molecule is c1ccc(N(c2ccccc2)c2ccc3c(c2)C2(c4ccccc4-3)c3ccccc3-c3c(N(c4ccccc4)c4ccc5c(c4)C(c4ccccc4)(c4ccccc4)c4ccccc4-5)cc4ccccc4c32)cc1. The number of benzene rings is 12. The van der Waals surface area contributed by atoms with E-state index in [0.29, 0.717) is 0 Å². The molecule has 0 fully saturated rings. The Balaban J connectivity index is 1.04. The van der Waals surface area contributed by atoms with E-state index < -0.39 is 10.8 Å². The highest BCUT2D eigenvalue weighted by Gasteiger charge is 2.54. The van der Waals surface area contributed by atoms with E-state index in [1.807, 2.05) is 0 Å². The fourth-order valence-electron chi connectivity index (χ4n) is 13.5. The molecule has 15 rings (SSSR count). The molecule has 1 spiro atoms. The Kier molecular flexibility index (Phi) is 9.43. The van der Waals surface area contributed by atoms with E-state index in [1.165, 1.54) is 88.7 Å². The van der Waals surface area contributed by atoms with E-state index in [4.69, 9.17) is 0 Å². The molecule has 3 aliphatic rings. The van der Waals surface area contributed by atoms with Crippen molar-refractivity contribution < 1.29 is 0 Å². The monoisotopic (exact) mass is 940 g/mol. The van der Waals surface area contributed by atoms with Gasteiger partial charge in [-0.15, -0.1) is 0 Å². The second-order valence-electron chi connectivity index (χ2n) is 19.9. The van der Waals surface area contributed by atoms with Crippen LogP contribution in [0.2, 0.25) is 0 Å². The van der Waals surface area contributed by atoms with Crippen molar-refractivity contribution in [2.45, 2.75) is 10.8 Å². The summed E-state index contributed by atoms with van der Waals surface area (Å²) in [6, 6.07) is 108. The van der Waals surface area contributed by atoms with Gasteiger partial charge in [-0.3, -0.25) is 0 Å². The molecule has 3 aliphatic carbocycles. The first-order valence-electron chi connectivity index (χ1n) is 25.8. The first-order chi connectivity index (χ1) is 36.7. The summed E-state index contributed by atoms with van der Waals surface area (Å²) in [5, 5.41) is 2.45. The molecule has 0 saturated heterocycles. The van der Waals surface area contributed by atoms with Crippen molar-refractivity contribution in [2.24, 2.45) is 0 Å². The molecule has 2 nitrogen and oxygen atoms in total. The summed E-state index contributed by atoms with van der Waals surface area (Å²) >= 11 is 0. The molecule has 0 aliphatic heterocycles. The maximum absolute atomic E-state index is 2.55. The van der Waals surface area contributed by atoms with Crippen molar-refractivity contribution in [3.63, 3.8) is 0 Å². The normalized spacial score (nSPS) is 14.9. The van der Waals surface area contributed by atoms with Crippen LogP contribution in [-0.4, -0.2) is 0 Å². The van der Waals surface area contributed by atoms with Crippen LogP contribution in [0.15, 0.2) is 291 Å². The predicted molar refractivity (Wildman–Crippen MR) is 307 cm³/mol. The molecule has 1 unspecified atom stereocenters. The largest absolute Gasteiger partial charge is 0.310 e. The standard InChI is InChI=1S/C72H48N2/c1-6-25-50(26-7-1)71(51-27-8-2-9-28-51)63-39-21-18-36-58(63)60-45-43-56(48-66(60)71)74(54-33-14-5-15-34-54)68-46-49-24-16-17-35-57(49)70-69(68)62-38-20-23-41-65(62)72(70)64-40-22-19-37-59(64)61-44-42-55(47-67(61)72)73(52-29-10-3-11-30-52)53-31-12-4-13-32-53/h1-48H. The van der Waals surface area contributed by atoms with Gasteiger partial charge in [0.2, 0.25) is 0 Å². The lowest BCUT2D eigenvalue weighted by Gasteiger charge is -2.35. The van der Waals surface area contributed by atoms with Crippen LogP contribution >= 0.6 is 0 Å². The maximum Gasteiger partial charge on any atom is 0.0733 e. The minimum atomic E-state index is -0.653. The minimum Gasteiger partial charge on any atom is -0.310 e. The molecule has 346 valence electrons. The summed E-state index contributed by atoms with van der Waals surface area (Å²) in [7, 11) is 0. The predicted octanol–water partition coefficient (Wildman–Crippen LogP) is 18.5. The van der Waals surface area contributed by atoms with Crippen LogP contribution in [0.5, 0.6) is 0 Å². The van der Waals surface area contributed by atoms with Crippen LogP contribution in [0.3, 0.4) is 0 Å². The van der Waals surface area contributed by atoms with E-state index in [1.54, 1.807) is 0 Å². The Labute approximate surface area is 432 Å². The molecule has 12 aromatic rings. The molecule has 0 amide bonds. The van der Waals surface area contributed by atoms with Gasteiger partial charge in [0, 0.05) is 34.0 Å². The Morgan fingerprint density at radius 1 is 0.243 bits per heavy atom. The summed E-state index contributed by atoms with van der Waals surface area (Å²) in [4.78, 5) is 4.96. The highest BCUT2D eigenvalue weighted by Crippen LogP contribution is 2.67. The zero-order valence-corrected chi connectivity index (χ0v) is 40.6. The molecular formula is C72H48N2. The molecule has 0 saturated carbocycles. The summed E-state index contributed by atoms with van der Waals surface area (Å²) in [6.07, 6.45) is 0. The van der Waals surface area contributed by atoms with E-state index in [2.05, 4.69) is 301 Å². The summed E-state index contributed by atoms with van der Waals surface area (Å²) < 4.78 is 0. The molecular weight excluding hydrogens is 893 g/mol. The third kappa shape index (κ3) is 5.88. The number of fused-ring (bicyclic) bond motifs is 15. The molecule has 0 radical (unpaired) electrons. The Hall–Kier alpha value is -9.50. The maximum atomic E-state index is 2.55. The van der Waals surface area contributed by atoms with Crippen molar-refractivity contribution in [1.29, 1.82) is 0 Å². The number of rotatable bonds is 8. The lowest BCUT2D eigenvalue weighted by Crippen LogP contribution is -2.28. The topological polar surface area (TPSA) is 6.48 Å². The van der Waals surface area contributed by atoms with Crippen molar-refractivity contribution in [1.82, 2.24) is 0 Å². The third-order valence-corrected chi connectivity index (χ3v) is 16.3. The Morgan fingerprint density at radius 3 is 1.16 bits per heavy atom. The molecule has 1 atom stereocenters. The summed E-state index contributed by atoms with van der Waals surface area (Å²) in [6.45, 7) is 0. The van der Waals surface area contributed by atoms with Gasteiger partial charge in [-0.05, 0) is 150 Å². The van der Waals surface area contributed by atoms with Gasteiger partial charge in [0.1, 0.15) is 0 Å². The first-order valence-corrected chi connectivity index (χ1v) is 25.8. The van der Waals surface area contributed by atoms with Crippen molar-refractivity contribution in [3.05, 3.63) is 336 Å². The van der Waals surface area contributed by atoms with Crippen LogP contribution < -0.4 is 9.80 Å². The fourth-order valence-corrected chi connectivity index (χ4v) is 13.5. The van der Waals surface area contributed by atoms with Gasteiger partial charge in [-0.2, -0.15) is 0 Å². The Bertz CT molecular complexity index is 4050. The molecule has 0 aromatic heterocycles. The van der Waals surface area contributed by atoms with Crippen molar-refractivity contribution in [2.75, 3.05) is 9.80 Å². The average Bonchev–Trinajstić information content (AvgIpc) is 4.15. The van der Waals surface area contributed by atoms with Gasteiger partial charge in [0.25, 0.3) is 0 Å². The lowest BCUT2D eigenvalue weighted by atomic mass is 9.67. The summed E-state index contributed by atoms with van der Waals surface area (Å²) in [5.41, 5.74) is 23.3. The van der Waals surface area contributed by atoms with E-state index in [-0.39, 0.29) is 0 Å². The van der Waals surface area contributed by atoms with Crippen molar-refractivity contribution >= 4 is 44.9 Å². The van der Waals surface area contributed by atoms with Gasteiger partial charge in [-0.1, -0.05) is 224 Å². The van der Waals surface area contributed by atoms with Crippen LogP contribution in [0.25, 0.3) is 44.2 Å². The lowest BCUT2D eigenvalue weighted by molar-refractivity contribution is 0.768. The van der Waals surface area contributed by atoms with Gasteiger partial charge in [0.05, 0.1) is 16.5 Å². The van der Waals surface area contributed by atoms with Crippen LogP contribution in [0.4, 0.5) is 34.1 Å². The number of anilines is 6. The zero-order valence-electron chi connectivity index (χ0n) is 40.6. The van der Waals surface area contributed by atoms with Crippen LogP contribution in [0, 0.1) is 0 Å². The molecule has 12 aromatic carbocycles. The van der Waals surface area contributed by atoms with Gasteiger partial charge in [-0.25, -0.2) is 0 Å². The second-order valence-corrected chi connectivity index (χ2v) is 19.9. The number of hydrogen-bond donors (Lipinski definition) is 0. The quantitative estimate of drug-likeness (QED) is 0.150. The smallest absolute Gasteiger partial charge is 0.0733 e. The number of para-hydroxylation sites is 3. The first kappa shape index (κ1) is 42.2. The Morgan fingerprint density at radius 2 is 0.622 bits per heavy atom. The highest BCUT2D eigenvalue weighted by molar-refractivity contribution is 6.10. The molecule has 0 bridgehead atoms. The third-order valence-electron chi connectivity index (χ3n) is 16.3. The van der Waals surface area contributed by atoms with E-state index in [9.17, 15) is 0 Å².